The Labute approximate surface area is 108 Å². The molecule has 3 heterocycles. The predicted octanol–water partition coefficient (Wildman–Crippen LogP) is 0.433. The summed E-state index contributed by atoms with van der Waals surface area (Å²) in [5, 5.41) is 5.99. The van der Waals surface area contributed by atoms with Crippen LogP contribution >= 0.6 is 11.3 Å². The first kappa shape index (κ1) is 11.6. The Morgan fingerprint density at radius 1 is 1.50 bits per heavy atom. The molecule has 1 aromatic heterocycles. The summed E-state index contributed by atoms with van der Waals surface area (Å²) in [6.07, 6.45) is 1.76. The van der Waals surface area contributed by atoms with E-state index in [1.54, 1.807) is 0 Å². The van der Waals surface area contributed by atoms with Crippen molar-refractivity contribution in [2.75, 3.05) is 11.9 Å². The molecule has 0 aromatic carbocycles. The maximum Gasteiger partial charge on any atom is 0.248 e. The highest BCUT2D eigenvalue weighted by Crippen LogP contribution is 2.27. The third kappa shape index (κ3) is 2.23. The molecule has 2 N–H and O–H groups in total. The lowest BCUT2D eigenvalue weighted by atomic mass is 10.2. The van der Waals surface area contributed by atoms with E-state index in [0.717, 1.165) is 17.0 Å². The largest absolute Gasteiger partial charge is 0.375 e. The van der Waals surface area contributed by atoms with Gasteiger partial charge in [0.25, 0.3) is 0 Å². The molecule has 2 aliphatic rings. The number of aromatic nitrogens is 1. The van der Waals surface area contributed by atoms with Crippen LogP contribution in [0.15, 0.2) is 0 Å². The van der Waals surface area contributed by atoms with Crippen molar-refractivity contribution in [1.82, 2.24) is 10.3 Å². The summed E-state index contributed by atoms with van der Waals surface area (Å²) in [7, 11) is 0. The number of hydrogen-bond donors (Lipinski definition) is 2. The van der Waals surface area contributed by atoms with Crippen molar-refractivity contribution in [1.29, 1.82) is 0 Å². The van der Waals surface area contributed by atoms with Gasteiger partial charge in [-0.25, -0.2) is 4.98 Å². The molecule has 6 nitrogen and oxygen atoms in total. The number of carbonyl (C=O) groups excluding carboxylic acids is 2. The Hall–Kier alpha value is -1.47. The van der Waals surface area contributed by atoms with Crippen molar-refractivity contribution >= 4 is 28.3 Å². The molecule has 1 atom stereocenters. The van der Waals surface area contributed by atoms with Gasteiger partial charge >= 0.3 is 0 Å². The van der Waals surface area contributed by atoms with Crippen LogP contribution in [0.2, 0.25) is 0 Å². The Balaban J connectivity index is 1.67. The van der Waals surface area contributed by atoms with Gasteiger partial charge in [-0.05, 0) is 6.42 Å². The molecule has 2 amide bonds. The first-order valence-electron chi connectivity index (χ1n) is 5.89. The number of ether oxygens (including phenoxy) is 1. The zero-order valence-corrected chi connectivity index (χ0v) is 10.5. The van der Waals surface area contributed by atoms with Gasteiger partial charge in [0.1, 0.15) is 6.04 Å². The van der Waals surface area contributed by atoms with E-state index in [-0.39, 0.29) is 11.8 Å². The highest BCUT2D eigenvalue weighted by atomic mass is 32.1. The van der Waals surface area contributed by atoms with Gasteiger partial charge in [-0.2, -0.15) is 0 Å². The van der Waals surface area contributed by atoms with E-state index in [1.807, 2.05) is 0 Å². The van der Waals surface area contributed by atoms with Gasteiger partial charge in [0.15, 0.2) is 5.13 Å². The quantitative estimate of drug-likeness (QED) is 0.814. The number of anilines is 1. The number of nitrogens with zero attached hydrogens (tertiary/aromatic N) is 1. The molecular formula is C11H13N3O3S. The third-order valence-corrected chi connectivity index (χ3v) is 4.02. The lowest BCUT2D eigenvalue weighted by molar-refractivity contribution is -0.122. The van der Waals surface area contributed by atoms with Crippen LogP contribution in [0.3, 0.4) is 0 Å². The van der Waals surface area contributed by atoms with Crippen LogP contribution in [0.1, 0.15) is 23.4 Å². The van der Waals surface area contributed by atoms with Crippen LogP contribution in [0, 0.1) is 0 Å². The van der Waals surface area contributed by atoms with E-state index < -0.39 is 6.04 Å². The number of thiazole rings is 1. The minimum atomic E-state index is -0.422. The van der Waals surface area contributed by atoms with Gasteiger partial charge in [-0.15, -0.1) is 0 Å². The number of fused-ring (bicyclic) bond motifs is 1. The van der Waals surface area contributed by atoms with E-state index in [9.17, 15) is 9.59 Å². The Morgan fingerprint density at radius 3 is 3.11 bits per heavy atom. The van der Waals surface area contributed by atoms with Crippen LogP contribution in [-0.4, -0.2) is 29.4 Å². The third-order valence-electron chi connectivity index (χ3n) is 3.04. The second-order valence-corrected chi connectivity index (χ2v) is 5.42. The topological polar surface area (TPSA) is 80.3 Å². The summed E-state index contributed by atoms with van der Waals surface area (Å²) >= 11 is 1.44. The first-order valence-corrected chi connectivity index (χ1v) is 6.70. The summed E-state index contributed by atoms with van der Waals surface area (Å²) < 4.78 is 5.33. The molecule has 1 saturated heterocycles. The molecule has 0 spiro atoms. The van der Waals surface area contributed by atoms with Crippen LogP contribution in [0.25, 0.3) is 0 Å². The molecule has 3 rings (SSSR count). The summed E-state index contributed by atoms with van der Waals surface area (Å²) in [5.41, 5.74) is 1.01. The molecule has 0 saturated carbocycles. The Bertz CT molecular complexity index is 476. The second kappa shape index (κ2) is 4.66. The normalized spacial score (nSPS) is 22.4. The van der Waals surface area contributed by atoms with Crippen LogP contribution in [0.5, 0.6) is 0 Å². The Morgan fingerprint density at radius 2 is 2.39 bits per heavy atom. The van der Waals surface area contributed by atoms with Crippen LogP contribution < -0.4 is 10.6 Å². The van der Waals surface area contributed by atoms with Gasteiger partial charge in [0.05, 0.1) is 23.8 Å². The lowest BCUT2D eigenvalue weighted by Crippen LogP contribution is -2.37. The highest BCUT2D eigenvalue weighted by molar-refractivity contribution is 7.15. The number of carbonyl (C=O) groups is 2. The number of nitrogens with one attached hydrogen (secondary N) is 2. The lowest BCUT2D eigenvalue weighted by Gasteiger charge is -2.08. The molecule has 1 fully saturated rings. The average molecular weight is 267 g/mol. The van der Waals surface area contributed by atoms with Gasteiger partial charge in [0.2, 0.25) is 11.8 Å². The number of amides is 2. The standard InChI is InChI=1S/C11H13N3O3S/c15-9-2-1-7(12-9)10(16)14-11-13-6-3-4-17-5-8(6)18-11/h7H,1-5H2,(H,12,15)(H,13,14,16)/t7-/m0/s1. The van der Waals surface area contributed by atoms with Crippen molar-refractivity contribution in [2.45, 2.75) is 31.9 Å². The summed E-state index contributed by atoms with van der Waals surface area (Å²) in [6.45, 7) is 1.26. The molecular weight excluding hydrogens is 254 g/mol. The predicted molar refractivity (Wildman–Crippen MR) is 65.3 cm³/mol. The molecule has 0 radical (unpaired) electrons. The van der Waals surface area contributed by atoms with Crippen molar-refractivity contribution in [3.05, 3.63) is 10.6 Å². The monoisotopic (exact) mass is 267 g/mol. The van der Waals surface area contributed by atoms with E-state index in [2.05, 4.69) is 15.6 Å². The first-order chi connectivity index (χ1) is 8.72. The Kier molecular flexibility index (Phi) is 3.00. The van der Waals surface area contributed by atoms with Crippen molar-refractivity contribution in [3.8, 4) is 0 Å². The van der Waals surface area contributed by atoms with Gasteiger partial charge in [0, 0.05) is 12.8 Å². The minimum absolute atomic E-state index is 0.0676. The SMILES string of the molecule is O=C1CC[C@@H](C(=O)Nc2nc3c(s2)COCC3)N1. The molecule has 0 unspecified atom stereocenters. The summed E-state index contributed by atoms with van der Waals surface area (Å²) in [4.78, 5) is 28.4. The summed E-state index contributed by atoms with van der Waals surface area (Å²) in [6, 6.07) is -0.422. The van der Waals surface area contributed by atoms with E-state index in [1.165, 1.54) is 11.3 Å². The fraction of sp³-hybridized carbons (Fsp3) is 0.545. The minimum Gasteiger partial charge on any atom is -0.375 e. The van der Waals surface area contributed by atoms with Crippen LogP contribution in [-0.2, 0) is 27.4 Å². The smallest absolute Gasteiger partial charge is 0.248 e. The fourth-order valence-electron chi connectivity index (χ4n) is 2.08. The van der Waals surface area contributed by atoms with Crippen LogP contribution in [0.4, 0.5) is 5.13 Å². The van der Waals surface area contributed by atoms with E-state index in [0.29, 0.717) is 31.2 Å². The van der Waals surface area contributed by atoms with E-state index >= 15 is 0 Å². The molecule has 2 aliphatic heterocycles. The molecule has 0 aliphatic carbocycles. The maximum atomic E-state index is 11.9. The van der Waals surface area contributed by atoms with Gasteiger partial charge < -0.3 is 15.4 Å². The molecule has 7 heteroatoms. The molecule has 96 valence electrons. The second-order valence-electron chi connectivity index (χ2n) is 4.34. The average Bonchev–Trinajstić information content (AvgIpc) is 2.94. The molecule has 1 aromatic rings. The highest BCUT2D eigenvalue weighted by Gasteiger charge is 2.28. The zero-order chi connectivity index (χ0) is 12.5. The van der Waals surface area contributed by atoms with Gasteiger partial charge in [-0.3, -0.25) is 9.59 Å². The fourth-order valence-corrected chi connectivity index (χ4v) is 3.03. The number of rotatable bonds is 2. The maximum absolute atomic E-state index is 11.9. The molecule has 0 bridgehead atoms. The summed E-state index contributed by atoms with van der Waals surface area (Å²) in [5.74, 6) is -0.255. The van der Waals surface area contributed by atoms with Crippen molar-refractivity contribution < 1.29 is 14.3 Å². The van der Waals surface area contributed by atoms with Gasteiger partial charge in [-0.1, -0.05) is 11.3 Å². The number of hydrogen-bond acceptors (Lipinski definition) is 5. The van der Waals surface area contributed by atoms with Crippen molar-refractivity contribution in [2.24, 2.45) is 0 Å². The zero-order valence-electron chi connectivity index (χ0n) is 9.69. The molecule has 18 heavy (non-hydrogen) atoms. The van der Waals surface area contributed by atoms with E-state index in [4.69, 9.17) is 4.74 Å². The van der Waals surface area contributed by atoms with Crippen molar-refractivity contribution in [3.63, 3.8) is 0 Å².